The smallest absolute Gasteiger partial charge is 0.239 e. The van der Waals surface area contributed by atoms with Crippen LogP contribution in [0.5, 0.6) is 0 Å². The molecule has 0 saturated carbocycles. The van der Waals surface area contributed by atoms with Crippen LogP contribution in [0.25, 0.3) is 22.0 Å². The SMILES string of the molecule is O=C(CCc1nc(-c2ncn[nH]2)no1)N1CCN(c2nc3cccnc3s2)CC1. The fourth-order valence-electron chi connectivity index (χ4n) is 3.18. The topological polar surface area (TPSA) is 130 Å². The zero-order valence-electron chi connectivity index (χ0n) is 15.4. The molecule has 0 unspecified atom stereocenters. The fourth-order valence-corrected chi connectivity index (χ4v) is 4.14. The van der Waals surface area contributed by atoms with E-state index < -0.39 is 0 Å². The van der Waals surface area contributed by atoms with E-state index in [1.165, 1.54) is 6.33 Å². The van der Waals surface area contributed by atoms with Crippen LogP contribution in [0.2, 0.25) is 0 Å². The Bertz CT molecular complexity index is 1080. The maximum absolute atomic E-state index is 12.6. The van der Waals surface area contributed by atoms with E-state index in [9.17, 15) is 4.79 Å². The lowest BCUT2D eigenvalue weighted by molar-refractivity contribution is -0.131. The molecule has 1 aliphatic rings. The molecule has 0 aromatic carbocycles. The summed E-state index contributed by atoms with van der Waals surface area (Å²) in [6, 6.07) is 3.85. The van der Waals surface area contributed by atoms with Crippen molar-refractivity contribution < 1.29 is 9.32 Å². The second-order valence-electron chi connectivity index (χ2n) is 6.54. The molecule has 5 heterocycles. The van der Waals surface area contributed by atoms with Crippen LogP contribution < -0.4 is 4.90 Å². The minimum Gasteiger partial charge on any atom is -0.344 e. The van der Waals surface area contributed by atoms with E-state index in [0.29, 0.717) is 43.5 Å². The number of carbonyl (C=O) groups excluding carboxylic acids is 1. The van der Waals surface area contributed by atoms with Gasteiger partial charge < -0.3 is 14.3 Å². The van der Waals surface area contributed by atoms with E-state index in [4.69, 9.17) is 4.52 Å². The van der Waals surface area contributed by atoms with Crippen molar-refractivity contribution in [2.24, 2.45) is 0 Å². The number of nitrogens with one attached hydrogen (secondary N) is 1. The molecular formula is C17H17N9O2S. The molecule has 1 fully saturated rings. The summed E-state index contributed by atoms with van der Waals surface area (Å²) in [5.74, 6) is 1.26. The third kappa shape index (κ3) is 3.66. The molecule has 1 N–H and O–H groups in total. The van der Waals surface area contributed by atoms with Gasteiger partial charge in [0.1, 0.15) is 16.7 Å². The van der Waals surface area contributed by atoms with Crippen molar-refractivity contribution in [2.45, 2.75) is 12.8 Å². The van der Waals surface area contributed by atoms with Crippen molar-refractivity contribution in [3.8, 4) is 11.6 Å². The molecule has 0 radical (unpaired) electrons. The highest BCUT2D eigenvalue weighted by Gasteiger charge is 2.23. The predicted octanol–water partition coefficient (Wildman–Crippen LogP) is 1.14. The molecule has 1 saturated heterocycles. The molecule has 4 aromatic heterocycles. The maximum Gasteiger partial charge on any atom is 0.239 e. The highest BCUT2D eigenvalue weighted by Crippen LogP contribution is 2.27. The zero-order valence-corrected chi connectivity index (χ0v) is 16.2. The lowest BCUT2D eigenvalue weighted by atomic mass is 10.2. The second kappa shape index (κ2) is 7.54. The first kappa shape index (κ1) is 17.7. The van der Waals surface area contributed by atoms with Crippen molar-refractivity contribution in [1.29, 1.82) is 0 Å². The van der Waals surface area contributed by atoms with Gasteiger partial charge in [-0.3, -0.25) is 9.89 Å². The van der Waals surface area contributed by atoms with Crippen LogP contribution in [0.4, 0.5) is 5.13 Å². The van der Waals surface area contributed by atoms with Crippen molar-refractivity contribution >= 4 is 32.7 Å². The number of hydrogen-bond donors (Lipinski definition) is 1. The number of hydrogen-bond acceptors (Lipinski definition) is 10. The normalized spacial score (nSPS) is 14.6. The molecule has 0 spiro atoms. The van der Waals surface area contributed by atoms with Gasteiger partial charge in [0.25, 0.3) is 0 Å². The van der Waals surface area contributed by atoms with Gasteiger partial charge in [0.2, 0.25) is 17.6 Å². The summed E-state index contributed by atoms with van der Waals surface area (Å²) in [5.41, 5.74) is 0.912. The van der Waals surface area contributed by atoms with E-state index in [2.05, 4.69) is 40.2 Å². The Labute approximate surface area is 168 Å². The van der Waals surface area contributed by atoms with E-state index in [1.807, 2.05) is 17.0 Å². The van der Waals surface area contributed by atoms with Gasteiger partial charge in [0.15, 0.2) is 11.0 Å². The lowest BCUT2D eigenvalue weighted by Gasteiger charge is -2.34. The van der Waals surface area contributed by atoms with Gasteiger partial charge in [0.05, 0.1) is 0 Å². The van der Waals surface area contributed by atoms with Gasteiger partial charge >= 0.3 is 0 Å². The van der Waals surface area contributed by atoms with Crippen molar-refractivity contribution in [3.63, 3.8) is 0 Å². The Morgan fingerprint density at radius 3 is 2.90 bits per heavy atom. The van der Waals surface area contributed by atoms with Crippen LogP contribution in [0.15, 0.2) is 29.2 Å². The van der Waals surface area contributed by atoms with Crippen LogP contribution in [0.1, 0.15) is 12.3 Å². The number of carbonyl (C=O) groups is 1. The molecule has 1 amide bonds. The summed E-state index contributed by atoms with van der Waals surface area (Å²) in [4.78, 5) is 34.8. The van der Waals surface area contributed by atoms with Gasteiger partial charge in [-0.05, 0) is 12.1 Å². The van der Waals surface area contributed by atoms with Crippen LogP contribution in [-0.4, -0.2) is 72.3 Å². The lowest BCUT2D eigenvalue weighted by Crippen LogP contribution is -2.48. The van der Waals surface area contributed by atoms with Crippen molar-refractivity contribution in [2.75, 3.05) is 31.1 Å². The number of piperazine rings is 1. The Hall–Kier alpha value is -3.41. The molecule has 29 heavy (non-hydrogen) atoms. The first-order chi connectivity index (χ1) is 14.3. The molecule has 12 heteroatoms. The number of H-pyrrole nitrogens is 1. The summed E-state index contributed by atoms with van der Waals surface area (Å²) in [5, 5.41) is 11.2. The fraction of sp³-hybridized carbons (Fsp3) is 0.353. The number of amides is 1. The molecule has 4 aromatic rings. The molecule has 148 valence electrons. The monoisotopic (exact) mass is 411 g/mol. The Morgan fingerprint density at radius 2 is 2.10 bits per heavy atom. The highest BCUT2D eigenvalue weighted by atomic mass is 32.1. The van der Waals surface area contributed by atoms with Crippen molar-refractivity contribution in [3.05, 3.63) is 30.5 Å². The van der Waals surface area contributed by atoms with Crippen LogP contribution in [0, 0.1) is 0 Å². The summed E-state index contributed by atoms with van der Waals surface area (Å²) in [6.45, 7) is 2.83. The van der Waals surface area contributed by atoms with Crippen LogP contribution in [0.3, 0.4) is 0 Å². The second-order valence-corrected chi connectivity index (χ2v) is 7.49. The third-order valence-electron chi connectivity index (χ3n) is 4.71. The molecule has 5 rings (SSSR count). The van der Waals surface area contributed by atoms with Gasteiger partial charge in [-0.25, -0.2) is 15.0 Å². The van der Waals surface area contributed by atoms with E-state index in [1.54, 1.807) is 17.5 Å². The van der Waals surface area contributed by atoms with E-state index in [-0.39, 0.29) is 5.91 Å². The van der Waals surface area contributed by atoms with Crippen molar-refractivity contribution in [1.82, 2.24) is 40.2 Å². The summed E-state index contributed by atoms with van der Waals surface area (Å²) in [6.07, 6.45) is 3.87. The van der Waals surface area contributed by atoms with Gasteiger partial charge in [0, 0.05) is 45.2 Å². The molecule has 0 atom stereocenters. The minimum absolute atomic E-state index is 0.0787. The minimum atomic E-state index is 0.0787. The quantitative estimate of drug-likeness (QED) is 0.514. The molecular weight excluding hydrogens is 394 g/mol. The van der Waals surface area contributed by atoms with Gasteiger partial charge in [-0.1, -0.05) is 16.5 Å². The van der Waals surface area contributed by atoms with Gasteiger partial charge in [-0.15, -0.1) is 0 Å². The number of rotatable bonds is 5. The largest absolute Gasteiger partial charge is 0.344 e. The molecule has 0 aliphatic carbocycles. The summed E-state index contributed by atoms with van der Waals surface area (Å²) < 4.78 is 5.19. The number of aromatic amines is 1. The number of anilines is 1. The third-order valence-corrected chi connectivity index (χ3v) is 5.75. The first-order valence-electron chi connectivity index (χ1n) is 9.19. The standard InChI is InChI=1S/C17H17N9O2S/c27-13(4-3-12-22-15(24-28-12)14-19-10-20-23-14)25-6-8-26(9-7-25)17-21-11-2-1-5-18-16(11)29-17/h1-2,5,10H,3-4,6-9H2,(H,19,20,23). The average Bonchev–Trinajstić information content (AvgIpc) is 3.52. The Morgan fingerprint density at radius 1 is 1.21 bits per heavy atom. The summed E-state index contributed by atoms with van der Waals surface area (Å²) >= 11 is 1.58. The highest BCUT2D eigenvalue weighted by molar-refractivity contribution is 7.21. The van der Waals surface area contributed by atoms with E-state index in [0.717, 1.165) is 28.6 Å². The maximum atomic E-state index is 12.6. The van der Waals surface area contributed by atoms with Crippen LogP contribution >= 0.6 is 11.3 Å². The molecule has 1 aliphatic heterocycles. The van der Waals surface area contributed by atoms with E-state index >= 15 is 0 Å². The Kier molecular flexibility index (Phi) is 4.60. The predicted molar refractivity (Wildman–Crippen MR) is 104 cm³/mol. The summed E-state index contributed by atoms with van der Waals surface area (Å²) in [7, 11) is 0. The number of aromatic nitrogens is 7. The first-order valence-corrected chi connectivity index (χ1v) is 10.0. The number of fused-ring (bicyclic) bond motifs is 1. The zero-order chi connectivity index (χ0) is 19.6. The average molecular weight is 411 g/mol. The van der Waals surface area contributed by atoms with Gasteiger partial charge in [-0.2, -0.15) is 10.1 Å². The number of nitrogens with zero attached hydrogens (tertiary/aromatic N) is 8. The molecule has 11 nitrogen and oxygen atoms in total. The number of pyridine rings is 1. The number of thiazole rings is 1. The Balaban J connectivity index is 1.14. The number of aryl methyl sites for hydroxylation is 1. The van der Waals surface area contributed by atoms with Crippen LogP contribution in [-0.2, 0) is 11.2 Å². The molecule has 0 bridgehead atoms.